The summed E-state index contributed by atoms with van der Waals surface area (Å²) in [6.07, 6.45) is 4.63. The van der Waals surface area contributed by atoms with Crippen molar-refractivity contribution in [3.05, 3.63) is 47.7 Å². The molecule has 8 heteroatoms. The van der Waals surface area contributed by atoms with Crippen molar-refractivity contribution in [2.75, 3.05) is 30.3 Å². The monoisotopic (exact) mass is 386 g/mol. The highest BCUT2D eigenvalue weighted by Crippen LogP contribution is 2.32. The number of urea groups is 1. The van der Waals surface area contributed by atoms with Gasteiger partial charge in [0.05, 0.1) is 23.7 Å². The SMILES string of the molecule is O=C1CCc2cc(F)cc(NC(=O)NC[C@H](c3ccco3)N3CCCC3)c2N1. The number of aryl methyl sites for hydroxylation is 1. The van der Waals surface area contributed by atoms with Gasteiger partial charge in [-0.2, -0.15) is 0 Å². The minimum Gasteiger partial charge on any atom is -0.468 e. The van der Waals surface area contributed by atoms with Gasteiger partial charge in [0.2, 0.25) is 5.91 Å². The Morgan fingerprint density at radius 1 is 1.29 bits per heavy atom. The number of hydrogen-bond donors (Lipinski definition) is 3. The molecule has 7 nitrogen and oxygen atoms in total. The van der Waals surface area contributed by atoms with E-state index in [4.69, 9.17) is 4.42 Å². The third kappa shape index (κ3) is 4.01. The zero-order valence-electron chi connectivity index (χ0n) is 15.5. The van der Waals surface area contributed by atoms with Crippen LogP contribution in [0.15, 0.2) is 34.9 Å². The summed E-state index contributed by atoms with van der Waals surface area (Å²) in [6, 6.07) is 5.83. The maximum Gasteiger partial charge on any atom is 0.319 e. The number of fused-ring (bicyclic) bond motifs is 1. The van der Waals surface area contributed by atoms with Gasteiger partial charge in [0.1, 0.15) is 11.6 Å². The van der Waals surface area contributed by atoms with Crippen LogP contribution in [0, 0.1) is 5.82 Å². The first kappa shape index (κ1) is 18.5. The van der Waals surface area contributed by atoms with Crippen LogP contribution >= 0.6 is 0 Å². The normalized spacial score (nSPS) is 17.7. The molecular formula is C20H23FN4O3. The van der Waals surface area contributed by atoms with E-state index in [9.17, 15) is 14.0 Å². The van der Waals surface area contributed by atoms with Crippen LogP contribution in [0.5, 0.6) is 0 Å². The van der Waals surface area contributed by atoms with Gasteiger partial charge < -0.3 is 20.4 Å². The molecule has 0 saturated carbocycles. The molecule has 148 valence electrons. The Morgan fingerprint density at radius 2 is 2.11 bits per heavy atom. The number of anilines is 2. The molecular weight excluding hydrogens is 363 g/mol. The molecule has 3 N–H and O–H groups in total. The molecule has 1 atom stereocenters. The average molecular weight is 386 g/mol. The summed E-state index contributed by atoms with van der Waals surface area (Å²) >= 11 is 0. The fourth-order valence-electron chi connectivity index (χ4n) is 3.86. The van der Waals surface area contributed by atoms with Crippen molar-refractivity contribution in [3.8, 4) is 0 Å². The molecule has 0 aliphatic carbocycles. The Bertz CT molecular complexity index is 863. The second kappa shape index (κ2) is 8.02. The van der Waals surface area contributed by atoms with Crippen LogP contribution in [0.1, 0.15) is 36.6 Å². The summed E-state index contributed by atoms with van der Waals surface area (Å²) in [6.45, 7) is 2.28. The predicted molar refractivity (Wildman–Crippen MR) is 103 cm³/mol. The Labute approximate surface area is 162 Å². The number of carbonyl (C=O) groups excluding carboxylic acids is 2. The van der Waals surface area contributed by atoms with E-state index in [1.54, 1.807) is 6.26 Å². The number of nitrogens with one attached hydrogen (secondary N) is 3. The van der Waals surface area contributed by atoms with Crippen molar-refractivity contribution < 1.29 is 18.4 Å². The maximum atomic E-state index is 13.9. The van der Waals surface area contributed by atoms with Crippen LogP contribution in [0.2, 0.25) is 0 Å². The molecule has 1 saturated heterocycles. The van der Waals surface area contributed by atoms with E-state index in [-0.39, 0.29) is 17.6 Å². The fourth-order valence-corrected chi connectivity index (χ4v) is 3.86. The summed E-state index contributed by atoms with van der Waals surface area (Å²) in [4.78, 5) is 26.4. The average Bonchev–Trinajstić information content (AvgIpc) is 3.37. The molecule has 1 fully saturated rings. The zero-order chi connectivity index (χ0) is 19.5. The number of hydrogen-bond acceptors (Lipinski definition) is 4. The first-order valence-corrected chi connectivity index (χ1v) is 9.55. The van der Waals surface area contributed by atoms with Crippen LogP contribution in [-0.4, -0.2) is 36.5 Å². The standard InChI is InChI=1S/C20H23FN4O3/c21-14-10-13-5-6-18(26)24-19(13)15(11-14)23-20(27)22-12-16(17-4-3-9-28-17)25-7-1-2-8-25/h3-4,9-11,16H,1-2,5-8,12H2,(H,24,26)(H2,22,23,27)/t16-/m1/s1. The number of benzene rings is 1. The maximum absolute atomic E-state index is 13.9. The Hall–Kier alpha value is -2.87. The van der Waals surface area contributed by atoms with E-state index < -0.39 is 11.8 Å². The van der Waals surface area contributed by atoms with E-state index >= 15 is 0 Å². The second-order valence-corrected chi connectivity index (χ2v) is 7.14. The molecule has 0 spiro atoms. The molecule has 2 aliphatic heterocycles. The molecule has 1 aromatic carbocycles. The first-order valence-electron chi connectivity index (χ1n) is 9.55. The largest absolute Gasteiger partial charge is 0.468 e. The number of carbonyl (C=O) groups is 2. The zero-order valence-corrected chi connectivity index (χ0v) is 15.5. The van der Waals surface area contributed by atoms with Crippen LogP contribution < -0.4 is 16.0 Å². The highest BCUT2D eigenvalue weighted by atomic mass is 19.1. The Balaban J connectivity index is 1.44. The minimum absolute atomic E-state index is 0.0515. The van der Waals surface area contributed by atoms with E-state index in [1.807, 2.05) is 12.1 Å². The van der Waals surface area contributed by atoms with E-state index in [1.165, 1.54) is 12.1 Å². The lowest BCUT2D eigenvalue weighted by atomic mass is 10.0. The molecule has 1 aromatic heterocycles. The summed E-state index contributed by atoms with van der Waals surface area (Å²) < 4.78 is 19.5. The number of likely N-dealkylation sites (tertiary alicyclic amines) is 1. The molecule has 4 rings (SSSR count). The smallest absolute Gasteiger partial charge is 0.319 e. The van der Waals surface area contributed by atoms with E-state index in [0.29, 0.717) is 30.6 Å². The van der Waals surface area contributed by atoms with Gasteiger partial charge in [-0.1, -0.05) is 0 Å². The third-order valence-electron chi connectivity index (χ3n) is 5.23. The number of halogens is 1. The van der Waals surface area contributed by atoms with Gasteiger partial charge in [0, 0.05) is 13.0 Å². The highest BCUT2D eigenvalue weighted by Gasteiger charge is 2.26. The van der Waals surface area contributed by atoms with Gasteiger partial charge >= 0.3 is 6.03 Å². The van der Waals surface area contributed by atoms with Crippen LogP contribution in [-0.2, 0) is 11.2 Å². The van der Waals surface area contributed by atoms with Crippen LogP contribution in [0.4, 0.5) is 20.6 Å². The lowest BCUT2D eigenvalue weighted by Crippen LogP contribution is -2.38. The number of furan rings is 1. The quantitative estimate of drug-likeness (QED) is 0.736. The summed E-state index contributed by atoms with van der Waals surface area (Å²) in [7, 11) is 0. The van der Waals surface area contributed by atoms with Gasteiger partial charge in [-0.25, -0.2) is 9.18 Å². The predicted octanol–water partition coefficient (Wildman–Crippen LogP) is 3.26. The molecule has 28 heavy (non-hydrogen) atoms. The fraction of sp³-hybridized carbons (Fsp3) is 0.400. The number of amides is 3. The molecule has 0 bridgehead atoms. The molecule has 2 aliphatic rings. The molecule has 0 radical (unpaired) electrons. The third-order valence-corrected chi connectivity index (χ3v) is 5.23. The molecule has 3 amide bonds. The van der Waals surface area contributed by atoms with Crippen molar-refractivity contribution in [2.45, 2.75) is 31.7 Å². The molecule has 0 unspecified atom stereocenters. The van der Waals surface area contributed by atoms with Crippen molar-refractivity contribution >= 4 is 23.3 Å². The lowest BCUT2D eigenvalue weighted by Gasteiger charge is -2.26. The summed E-state index contributed by atoms with van der Waals surface area (Å²) in [5, 5.41) is 8.24. The molecule has 3 heterocycles. The number of nitrogens with zero attached hydrogens (tertiary/aromatic N) is 1. The Morgan fingerprint density at radius 3 is 2.86 bits per heavy atom. The second-order valence-electron chi connectivity index (χ2n) is 7.14. The van der Waals surface area contributed by atoms with E-state index in [0.717, 1.165) is 31.7 Å². The van der Waals surface area contributed by atoms with Crippen molar-refractivity contribution in [3.63, 3.8) is 0 Å². The van der Waals surface area contributed by atoms with Gasteiger partial charge in [-0.15, -0.1) is 0 Å². The van der Waals surface area contributed by atoms with Gasteiger partial charge in [0.25, 0.3) is 0 Å². The molecule has 2 aromatic rings. The first-order chi connectivity index (χ1) is 13.6. The van der Waals surface area contributed by atoms with Crippen molar-refractivity contribution in [1.82, 2.24) is 10.2 Å². The van der Waals surface area contributed by atoms with Crippen LogP contribution in [0.25, 0.3) is 0 Å². The van der Waals surface area contributed by atoms with Gasteiger partial charge in [-0.3, -0.25) is 9.69 Å². The summed E-state index contributed by atoms with van der Waals surface area (Å²) in [5.74, 6) is 0.211. The van der Waals surface area contributed by atoms with Gasteiger partial charge in [-0.05, 0) is 62.2 Å². The van der Waals surface area contributed by atoms with Crippen LogP contribution in [0.3, 0.4) is 0 Å². The van der Waals surface area contributed by atoms with Gasteiger partial charge in [0.15, 0.2) is 0 Å². The van der Waals surface area contributed by atoms with Crippen molar-refractivity contribution in [2.24, 2.45) is 0 Å². The lowest BCUT2D eigenvalue weighted by molar-refractivity contribution is -0.116. The number of rotatable bonds is 5. The minimum atomic E-state index is -0.455. The summed E-state index contributed by atoms with van der Waals surface area (Å²) in [5.41, 5.74) is 1.41. The topological polar surface area (TPSA) is 86.6 Å². The van der Waals surface area contributed by atoms with Crippen molar-refractivity contribution in [1.29, 1.82) is 0 Å². The Kier molecular flexibility index (Phi) is 5.29. The van der Waals surface area contributed by atoms with E-state index in [2.05, 4.69) is 20.9 Å². The highest BCUT2D eigenvalue weighted by molar-refractivity contribution is 6.01.